The van der Waals surface area contributed by atoms with Crippen molar-refractivity contribution in [3.05, 3.63) is 66.2 Å². The van der Waals surface area contributed by atoms with E-state index in [0.29, 0.717) is 6.61 Å². The Bertz CT molecular complexity index is 612. The van der Waals surface area contributed by atoms with Crippen LogP contribution in [0.4, 0.5) is 0 Å². The van der Waals surface area contributed by atoms with Crippen molar-refractivity contribution in [3.8, 4) is 5.75 Å². The molecule has 0 aromatic heterocycles. The smallest absolute Gasteiger partial charge is 0.254 e. The molecule has 0 radical (unpaired) electrons. The predicted molar refractivity (Wildman–Crippen MR) is 91.7 cm³/mol. The number of piperidine rings is 1. The van der Waals surface area contributed by atoms with E-state index in [0.717, 1.165) is 37.1 Å². The van der Waals surface area contributed by atoms with Gasteiger partial charge in [-0.2, -0.15) is 0 Å². The predicted octanol–water partition coefficient (Wildman–Crippen LogP) is 4.15. The molecule has 1 saturated heterocycles. The van der Waals surface area contributed by atoms with Crippen LogP contribution in [0.15, 0.2) is 60.7 Å². The summed E-state index contributed by atoms with van der Waals surface area (Å²) in [5.74, 6) is 1.04. The fourth-order valence-corrected chi connectivity index (χ4v) is 3.14. The van der Waals surface area contributed by atoms with Gasteiger partial charge in [-0.25, -0.2) is 0 Å². The molecule has 2 aromatic carbocycles. The van der Waals surface area contributed by atoms with Crippen molar-refractivity contribution >= 4 is 5.91 Å². The maximum Gasteiger partial charge on any atom is 0.254 e. The van der Waals surface area contributed by atoms with Crippen LogP contribution in [0.1, 0.15) is 36.0 Å². The summed E-state index contributed by atoms with van der Waals surface area (Å²) in [4.78, 5) is 14.8. The van der Waals surface area contributed by atoms with Gasteiger partial charge in [-0.15, -0.1) is 0 Å². The van der Waals surface area contributed by atoms with Gasteiger partial charge in [0, 0.05) is 24.6 Å². The van der Waals surface area contributed by atoms with E-state index in [2.05, 4.69) is 0 Å². The van der Waals surface area contributed by atoms with Crippen LogP contribution in [0.5, 0.6) is 5.75 Å². The van der Waals surface area contributed by atoms with Crippen LogP contribution in [-0.2, 0) is 0 Å². The molecule has 3 rings (SSSR count). The minimum Gasteiger partial charge on any atom is -0.494 e. The Morgan fingerprint density at radius 1 is 1.00 bits per heavy atom. The molecule has 0 spiro atoms. The largest absolute Gasteiger partial charge is 0.494 e. The minimum atomic E-state index is 0.148. The van der Waals surface area contributed by atoms with E-state index in [1.54, 1.807) is 0 Å². The Labute approximate surface area is 137 Å². The maximum absolute atomic E-state index is 12.7. The molecule has 1 fully saturated rings. The second kappa shape index (κ2) is 7.82. The minimum absolute atomic E-state index is 0.148. The van der Waals surface area contributed by atoms with Crippen molar-refractivity contribution in [1.82, 2.24) is 4.90 Å². The summed E-state index contributed by atoms with van der Waals surface area (Å²) in [6, 6.07) is 19.7. The average Bonchev–Trinajstić information content (AvgIpc) is 2.63. The van der Waals surface area contributed by atoms with Gasteiger partial charge in [0.15, 0.2) is 0 Å². The summed E-state index contributed by atoms with van der Waals surface area (Å²) < 4.78 is 5.80. The second-order valence-corrected chi connectivity index (χ2v) is 5.96. The molecule has 0 aliphatic carbocycles. The topological polar surface area (TPSA) is 29.5 Å². The first-order chi connectivity index (χ1) is 11.3. The number of likely N-dealkylation sites (tertiary alicyclic amines) is 1. The molecule has 0 saturated carbocycles. The zero-order valence-electron chi connectivity index (χ0n) is 13.4. The first kappa shape index (κ1) is 15.6. The lowest BCUT2D eigenvalue weighted by Gasteiger charge is -2.36. The molecule has 23 heavy (non-hydrogen) atoms. The van der Waals surface area contributed by atoms with Crippen molar-refractivity contribution < 1.29 is 9.53 Å². The van der Waals surface area contributed by atoms with Gasteiger partial charge < -0.3 is 9.64 Å². The van der Waals surface area contributed by atoms with Crippen LogP contribution in [0.25, 0.3) is 0 Å². The lowest BCUT2D eigenvalue weighted by Crippen LogP contribution is -2.44. The molecule has 0 bridgehead atoms. The van der Waals surface area contributed by atoms with Crippen molar-refractivity contribution in [3.63, 3.8) is 0 Å². The van der Waals surface area contributed by atoms with Crippen LogP contribution in [0.2, 0.25) is 0 Å². The summed E-state index contributed by atoms with van der Waals surface area (Å²) >= 11 is 0. The fourth-order valence-electron chi connectivity index (χ4n) is 3.14. The molecule has 1 unspecified atom stereocenters. The number of hydrogen-bond donors (Lipinski definition) is 0. The average molecular weight is 309 g/mol. The van der Waals surface area contributed by atoms with E-state index < -0.39 is 0 Å². The van der Waals surface area contributed by atoms with Gasteiger partial charge in [-0.3, -0.25) is 4.79 Å². The van der Waals surface area contributed by atoms with Crippen LogP contribution >= 0.6 is 0 Å². The van der Waals surface area contributed by atoms with E-state index in [9.17, 15) is 4.79 Å². The molecule has 1 atom stereocenters. The quantitative estimate of drug-likeness (QED) is 0.830. The first-order valence-electron chi connectivity index (χ1n) is 8.38. The fraction of sp³-hybridized carbons (Fsp3) is 0.350. The maximum atomic E-state index is 12.7. The van der Waals surface area contributed by atoms with Gasteiger partial charge in [0.05, 0.1) is 6.61 Å². The molecule has 1 heterocycles. The summed E-state index contributed by atoms with van der Waals surface area (Å²) in [7, 11) is 0. The molecule has 0 N–H and O–H groups in total. The molecule has 1 aliphatic heterocycles. The molecule has 3 heteroatoms. The van der Waals surface area contributed by atoms with Gasteiger partial charge in [0.25, 0.3) is 5.91 Å². The van der Waals surface area contributed by atoms with Crippen LogP contribution in [-0.4, -0.2) is 30.0 Å². The van der Waals surface area contributed by atoms with E-state index in [-0.39, 0.29) is 11.9 Å². The van der Waals surface area contributed by atoms with Gasteiger partial charge in [-0.1, -0.05) is 36.4 Å². The van der Waals surface area contributed by atoms with Crippen molar-refractivity contribution in [1.29, 1.82) is 0 Å². The summed E-state index contributed by atoms with van der Waals surface area (Å²) in [5.41, 5.74) is 0.781. The lowest BCUT2D eigenvalue weighted by molar-refractivity contribution is 0.0580. The number of amides is 1. The Morgan fingerprint density at radius 2 is 1.70 bits per heavy atom. The number of hydrogen-bond acceptors (Lipinski definition) is 2. The highest BCUT2D eigenvalue weighted by atomic mass is 16.5. The highest BCUT2D eigenvalue weighted by Crippen LogP contribution is 2.22. The van der Waals surface area contributed by atoms with Gasteiger partial charge in [0.1, 0.15) is 5.75 Å². The number of ether oxygens (including phenoxy) is 1. The third kappa shape index (κ3) is 4.13. The van der Waals surface area contributed by atoms with Crippen molar-refractivity contribution in [2.45, 2.75) is 31.7 Å². The van der Waals surface area contributed by atoms with E-state index in [1.165, 1.54) is 6.42 Å². The number of para-hydroxylation sites is 1. The third-order valence-electron chi connectivity index (χ3n) is 4.37. The van der Waals surface area contributed by atoms with Gasteiger partial charge in [-0.05, 0) is 43.5 Å². The van der Waals surface area contributed by atoms with Crippen molar-refractivity contribution in [2.75, 3.05) is 13.2 Å². The Hall–Kier alpha value is -2.29. The molecular formula is C20H23NO2. The molecule has 120 valence electrons. The molecule has 3 nitrogen and oxygen atoms in total. The SMILES string of the molecule is O=C(c1ccccc1)N1CCCCC1CCOc1ccccc1. The number of carbonyl (C=O) groups excluding carboxylic acids is 1. The Kier molecular flexibility index (Phi) is 5.30. The second-order valence-electron chi connectivity index (χ2n) is 5.96. The summed E-state index contributed by atoms with van der Waals surface area (Å²) in [6.45, 7) is 1.50. The van der Waals surface area contributed by atoms with Crippen LogP contribution in [0.3, 0.4) is 0 Å². The number of rotatable bonds is 5. The number of benzene rings is 2. The van der Waals surface area contributed by atoms with E-state index >= 15 is 0 Å². The zero-order valence-corrected chi connectivity index (χ0v) is 13.4. The zero-order chi connectivity index (χ0) is 15.9. The Balaban J connectivity index is 1.59. The van der Waals surface area contributed by atoms with Crippen LogP contribution in [0, 0.1) is 0 Å². The monoisotopic (exact) mass is 309 g/mol. The molecular weight excluding hydrogens is 286 g/mol. The highest BCUT2D eigenvalue weighted by molar-refractivity contribution is 5.94. The standard InChI is InChI=1S/C20H23NO2/c22-20(17-9-3-1-4-10-17)21-15-8-7-11-18(21)14-16-23-19-12-5-2-6-13-19/h1-6,9-10,12-13,18H,7-8,11,14-16H2. The van der Waals surface area contributed by atoms with E-state index in [4.69, 9.17) is 4.74 Å². The molecule has 1 amide bonds. The summed E-state index contributed by atoms with van der Waals surface area (Å²) in [6.07, 6.45) is 4.23. The normalized spacial score (nSPS) is 17.7. The molecule has 2 aromatic rings. The van der Waals surface area contributed by atoms with Gasteiger partial charge >= 0.3 is 0 Å². The molecule has 1 aliphatic rings. The summed E-state index contributed by atoms with van der Waals surface area (Å²) in [5, 5.41) is 0. The first-order valence-corrected chi connectivity index (χ1v) is 8.38. The van der Waals surface area contributed by atoms with Gasteiger partial charge in [0.2, 0.25) is 0 Å². The van der Waals surface area contributed by atoms with Crippen molar-refractivity contribution in [2.24, 2.45) is 0 Å². The lowest BCUT2D eigenvalue weighted by atomic mass is 9.98. The number of nitrogens with zero attached hydrogens (tertiary/aromatic N) is 1. The number of carbonyl (C=O) groups is 1. The third-order valence-corrected chi connectivity index (χ3v) is 4.37. The van der Waals surface area contributed by atoms with E-state index in [1.807, 2.05) is 65.6 Å². The van der Waals surface area contributed by atoms with Crippen LogP contribution < -0.4 is 4.74 Å². The highest BCUT2D eigenvalue weighted by Gasteiger charge is 2.27. The Morgan fingerprint density at radius 3 is 2.43 bits per heavy atom.